The van der Waals surface area contributed by atoms with Crippen LogP contribution in [0.3, 0.4) is 0 Å². The molecule has 0 aliphatic rings. The molecule has 0 radical (unpaired) electrons. The second kappa shape index (κ2) is 2.58. The fraction of sp³-hybridized carbons (Fsp3) is 1.00. The van der Waals surface area contributed by atoms with E-state index in [1.807, 2.05) is 0 Å². The zero-order valence-electron chi connectivity index (χ0n) is 2.97. The lowest BCUT2D eigenvalue weighted by Gasteiger charge is -1.90. The van der Waals surface area contributed by atoms with Crippen molar-refractivity contribution < 1.29 is 10.2 Å². The Morgan fingerprint density at radius 3 is 1.80 bits per heavy atom. The van der Waals surface area contributed by atoms with Crippen molar-refractivity contribution in [3.63, 3.8) is 0 Å². The van der Waals surface area contributed by atoms with Crippen LogP contribution in [0.2, 0.25) is 0 Å². The van der Waals surface area contributed by atoms with Crippen LogP contribution in [0.5, 0.6) is 0 Å². The summed E-state index contributed by atoms with van der Waals surface area (Å²) in [7, 11) is 0.225. The number of aliphatic hydroxyl groups is 2. The first kappa shape index (κ1) is 5.35. The molecule has 0 aromatic rings. The predicted molar refractivity (Wildman–Crippen MR) is 22.5 cm³/mol. The van der Waals surface area contributed by atoms with Gasteiger partial charge in [-0.2, -0.15) is 0 Å². The summed E-state index contributed by atoms with van der Waals surface area (Å²) in [5.74, 6) is 0. The van der Waals surface area contributed by atoms with E-state index in [1.165, 1.54) is 0 Å². The molecule has 0 amide bonds. The van der Waals surface area contributed by atoms with Gasteiger partial charge in [0.25, 0.3) is 0 Å². The van der Waals surface area contributed by atoms with Crippen molar-refractivity contribution in [1.82, 2.24) is 0 Å². The summed E-state index contributed by atoms with van der Waals surface area (Å²) in [4.78, 5) is 0. The summed E-state index contributed by atoms with van der Waals surface area (Å²) in [6.45, 7) is 1.73. The van der Waals surface area contributed by atoms with Crippen molar-refractivity contribution in [3.05, 3.63) is 0 Å². The van der Waals surface area contributed by atoms with E-state index in [0.717, 1.165) is 0 Å². The van der Waals surface area contributed by atoms with E-state index in [-0.39, 0.29) is 8.58 Å². The Hall–Kier alpha value is 0.350. The van der Waals surface area contributed by atoms with Gasteiger partial charge in [-0.15, -0.1) is 0 Å². The lowest BCUT2D eigenvalue weighted by Crippen LogP contribution is -1.90. The quantitative estimate of drug-likeness (QED) is 0.341. The van der Waals surface area contributed by atoms with Crippen molar-refractivity contribution in [2.24, 2.45) is 0 Å². The van der Waals surface area contributed by atoms with E-state index in [2.05, 4.69) is 0 Å². The molecule has 0 aromatic heterocycles. The normalized spacial score (nSPS) is 12.0. The number of aliphatic hydroxyl groups excluding tert-OH is 1. The molecule has 0 rings (SSSR count). The Morgan fingerprint density at radius 2 is 1.80 bits per heavy atom. The van der Waals surface area contributed by atoms with Crippen LogP contribution in [0.15, 0.2) is 0 Å². The minimum atomic E-state index is -1.09. The minimum Gasteiger partial charge on any atom is -0.365 e. The molecule has 2 N–H and O–H groups in total. The molecule has 0 bridgehead atoms. The fourth-order valence-corrected chi connectivity index (χ4v) is 0. The van der Waals surface area contributed by atoms with Gasteiger partial charge >= 0.3 is 0 Å². The van der Waals surface area contributed by atoms with Crippen LogP contribution in [-0.4, -0.2) is 22.9 Å². The van der Waals surface area contributed by atoms with Crippen LogP contribution in [0.4, 0.5) is 0 Å². The zero-order valence-corrected chi connectivity index (χ0v) is 3.97. The van der Waals surface area contributed by atoms with E-state index >= 15 is 0 Å². The van der Waals surface area contributed by atoms with Crippen LogP contribution >= 0.6 is 8.58 Å². The third-order valence-electron chi connectivity index (χ3n) is 0.258. The average Bonchev–Trinajstić information content (AvgIpc) is 1.38. The molecule has 0 aliphatic carbocycles. The molecular formula is C2H7O2P. The molecule has 0 saturated carbocycles. The summed E-state index contributed by atoms with van der Waals surface area (Å²) < 4.78 is 0. The van der Waals surface area contributed by atoms with Crippen LogP contribution in [0, 0.1) is 0 Å². The molecule has 0 heterocycles. The molecule has 0 aliphatic heterocycles. The highest BCUT2D eigenvalue weighted by Crippen LogP contribution is 2.04. The van der Waals surface area contributed by atoms with Gasteiger partial charge < -0.3 is 10.2 Å². The summed E-state index contributed by atoms with van der Waals surface area (Å²) >= 11 is 0. The Balaban J connectivity index is 2.54. The molecular weight excluding hydrogens is 87.0 g/mol. The Bertz CT molecular complexity index is 21.6. The molecule has 0 saturated heterocycles. The smallest absolute Gasteiger partial charge is 0.167 e. The molecule has 32 valence electrons. The van der Waals surface area contributed by atoms with Crippen LogP contribution in [0.1, 0.15) is 0 Å². The third kappa shape index (κ3) is 4.35. The molecule has 0 spiro atoms. The third-order valence-corrected chi connectivity index (χ3v) is 0.775. The van der Waals surface area contributed by atoms with Gasteiger partial charge in [-0.1, -0.05) is 8.58 Å². The molecule has 5 heavy (non-hydrogen) atoms. The molecule has 3 heteroatoms. The number of rotatable bonds is 1. The maximum atomic E-state index is 7.93. The predicted octanol–water partition coefficient (Wildman–Crippen LogP) is -0.437. The van der Waals surface area contributed by atoms with Gasteiger partial charge in [-0.05, 0) is 6.66 Å². The molecule has 1 unspecified atom stereocenters. The van der Waals surface area contributed by atoms with Crippen LogP contribution in [-0.2, 0) is 0 Å². The first-order valence-electron chi connectivity index (χ1n) is 1.31. The van der Waals surface area contributed by atoms with Crippen molar-refractivity contribution in [3.8, 4) is 0 Å². The topological polar surface area (TPSA) is 40.5 Å². The Kier molecular flexibility index (Phi) is 2.76. The lowest BCUT2D eigenvalue weighted by molar-refractivity contribution is 0.0376. The van der Waals surface area contributed by atoms with Gasteiger partial charge in [0.1, 0.15) is 0 Å². The van der Waals surface area contributed by atoms with E-state index in [4.69, 9.17) is 10.2 Å². The number of hydrogen-bond donors (Lipinski definition) is 2. The highest BCUT2D eigenvalue weighted by Gasteiger charge is 1.82. The standard InChI is InChI=1S/C2H7O2P/c1-5-2(3)4/h2-5H,1H3. The molecule has 0 aromatic carbocycles. The summed E-state index contributed by atoms with van der Waals surface area (Å²) in [6, 6.07) is -1.09. The van der Waals surface area contributed by atoms with Crippen molar-refractivity contribution in [1.29, 1.82) is 0 Å². The second-order valence-corrected chi connectivity index (χ2v) is 1.76. The highest BCUT2D eigenvalue weighted by molar-refractivity contribution is 7.37. The van der Waals surface area contributed by atoms with Gasteiger partial charge in [0.15, 0.2) is 6.03 Å². The first-order chi connectivity index (χ1) is 2.27. The van der Waals surface area contributed by atoms with Crippen molar-refractivity contribution in [2.45, 2.75) is 6.03 Å². The van der Waals surface area contributed by atoms with E-state index in [0.29, 0.717) is 0 Å². The minimum absolute atomic E-state index is 0.225. The first-order valence-corrected chi connectivity index (χ1v) is 2.88. The van der Waals surface area contributed by atoms with Gasteiger partial charge in [-0.25, -0.2) is 0 Å². The average molecular weight is 94.0 g/mol. The lowest BCUT2D eigenvalue weighted by atomic mass is 11.5. The van der Waals surface area contributed by atoms with Gasteiger partial charge in [-0.3, -0.25) is 0 Å². The van der Waals surface area contributed by atoms with Crippen LogP contribution < -0.4 is 0 Å². The van der Waals surface area contributed by atoms with Gasteiger partial charge in [0.2, 0.25) is 0 Å². The maximum absolute atomic E-state index is 7.93. The largest absolute Gasteiger partial charge is 0.365 e. The van der Waals surface area contributed by atoms with Gasteiger partial charge in [0, 0.05) is 0 Å². The number of hydrogen-bond acceptors (Lipinski definition) is 2. The highest BCUT2D eigenvalue weighted by atomic mass is 31.1. The van der Waals surface area contributed by atoms with E-state index in [9.17, 15) is 0 Å². The fourth-order valence-electron chi connectivity index (χ4n) is 0. The monoisotopic (exact) mass is 94.0 g/mol. The summed E-state index contributed by atoms with van der Waals surface area (Å²) in [6.07, 6.45) is 0. The SMILES string of the molecule is CPC(O)O. The maximum Gasteiger partial charge on any atom is 0.167 e. The van der Waals surface area contributed by atoms with E-state index < -0.39 is 6.03 Å². The molecule has 1 atom stereocenters. The molecule has 2 nitrogen and oxygen atoms in total. The van der Waals surface area contributed by atoms with Crippen molar-refractivity contribution >= 4 is 8.58 Å². The molecule has 0 fully saturated rings. The van der Waals surface area contributed by atoms with E-state index in [1.54, 1.807) is 6.66 Å². The van der Waals surface area contributed by atoms with Crippen molar-refractivity contribution in [2.75, 3.05) is 6.66 Å². The second-order valence-electron chi connectivity index (χ2n) is 0.662. The Morgan fingerprint density at radius 1 is 1.60 bits per heavy atom. The van der Waals surface area contributed by atoms with Crippen LogP contribution in [0.25, 0.3) is 0 Å². The summed E-state index contributed by atoms with van der Waals surface area (Å²) in [5.41, 5.74) is 0. The zero-order chi connectivity index (χ0) is 4.28. The van der Waals surface area contributed by atoms with Gasteiger partial charge in [0.05, 0.1) is 0 Å². The summed E-state index contributed by atoms with van der Waals surface area (Å²) in [5, 5.41) is 15.9. The Labute approximate surface area is 32.6 Å².